The first kappa shape index (κ1) is 15.3. The van der Waals surface area contributed by atoms with Gasteiger partial charge in [0.1, 0.15) is 0 Å². The summed E-state index contributed by atoms with van der Waals surface area (Å²) in [5.41, 5.74) is 3.42. The monoisotopic (exact) mass is 330 g/mol. The molecule has 25 heavy (non-hydrogen) atoms. The Bertz CT molecular complexity index is 971. The Morgan fingerprint density at radius 1 is 1.00 bits per heavy atom. The lowest BCUT2D eigenvalue weighted by atomic mass is 9.91. The molecule has 0 saturated carbocycles. The van der Waals surface area contributed by atoms with E-state index < -0.39 is 0 Å². The fourth-order valence-corrected chi connectivity index (χ4v) is 3.16. The normalized spacial score (nSPS) is 12.2. The van der Waals surface area contributed by atoms with Crippen LogP contribution in [0.1, 0.15) is 27.6 Å². The van der Waals surface area contributed by atoms with Gasteiger partial charge in [0.2, 0.25) is 0 Å². The molecule has 0 bridgehead atoms. The van der Waals surface area contributed by atoms with Gasteiger partial charge in [-0.25, -0.2) is 0 Å². The lowest BCUT2D eigenvalue weighted by molar-refractivity contribution is 0.0925. The van der Waals surface area contributed by atoms with E-state index in [0.717, 1.165) is 11.1 Å². The minimum Gasteiger partial charge on any atom is -0.459 e. The molecule has 124 valence electrons. The molecule has 0 spiro atoms. The number of nitrogens with one attached hydrogen (secondary N) is 2. The first-order valence-electron chi connectivity index (χ1n) is 8.25. The number of aromatic amines is 1. The standard InChI is InChI=1S/C21H18N2O2/c24-21(20-11-6-12-25-20)23-13-17(15-7-2-1-3-8-15)18-14-22-19-10-5-4-9-16(18)19/h1-12,14,17,22H,13H2,(H,23,24)/t17-/m0/s1. The van der Waals surface area contributed by atoms with Crippen LogP contribution in [-0.2, 0) is 0 Å². The number of amides is 1. The molecule has 0 aliphatic rings. The second kappa shape index (κ2) is 6.69. The molecule has 4 nitrogen and oxygen atoms in total. The van der Waals surface area contributed by atoms with Gasteiger partial charge in [-0.15, -0.1) is 0 Å². The zero-order valence-corrected chi connectivity index (χ0v) is 13.6. The predicted molar refractivity (Wildman–Crippen MR) is 97.6 cm³/mol. The summed E-state index contributed by atoms with van der Waals surface area (Å²) in [7, 11) is 0. The van der Waals surface area contributed by atoms with Crippen molar-refractivity contribution in [1.82, 2.24) is 10.3 Å². The number of carbonyl (C=O) groups excluding carboxylic acids is 1. The molecule has 2 aromatic carbocycles. The molecule has 4 heteroatoms. The Labute approximate surface area is 145 Å². The maximum atomic E-state index is 12.3. The van der Waals surface area contributed by atoms with Gasteiger partial charge in [-0.3, -0.25) is 4.79 Å². The van der Waals surface area contributed by atoms with Crippen molar-refractivity contribution in [3.8, 4) is 0 Å². The van der Waals surface area contributed by atoms with Gasteiger partial charge in [-0.05, 0) is 29.3 Å². The number of hydrogen-bond acceptors (Lipinski definition) is 2. The largest absolute Gasteiger partial charge is 0.459 e. The number of rotatable bonds is 5. The van der Waals surface area contributed by atoms with Crippen LogP contribution in [0.4, 0.5) is 0 Å². The van der Waals surface area contributed by atoms with Crippen LogP contribution in [0.25, 0.3) is 10.9 Å². The summed E-state index contributed by atoms with van der Waals surface area (Å²) >= 11 is 0. The van der Waals surface area contributed by atoms with Gasteiger partial charge in [-0.2, -0.15) is 0 Å². The quantitative estimate of drug-likeness (QED) is 0.572. The summed E-state index contributed by atoms with van der Waals surface area (Å²) < 4.78 is 5.18. The number of H-pyrrole nitrogens is 1. The number of hydrogen-bond donors (Lipinski definition) is 2. The Hall–Kier alpha value is -3.27. The molecule has 2 N–H and O–H groups in total. The van der Waals surface area contributed by atoms with Gasteiger partial charge in [0.05, 0.1) is 6.26 Å². The smallest absolute Gasteiger partial charge is 0.287 e. The van der Waals surface area contributed by atoms with Crippen LogP contribution in [0, 0.1) is 0 Å². The summed E-state index contributed by atoms with van der Waals surface area (Å²) in [5.74, 6) is 0.174. The molecule has 2 heterocycles. The van der Waals surface area contributed by atoms with Crippen molar-refractivity contribution in [2.24, 2.45) is 0 Å². The van der Waals surface area contributed by atoms with E-state index in [1.165, 1.54) is 17.2 Å². The molecule has 1 atom stereocenters. The highest BCUT2D eigenvalue weighted by atomic mass is 16.3. The van der Waals surface area contributed by atoms with Crippen molar-refractivity contribution in [3.63, 3.8) is 0 Å². The minimum atomic E-state index is -0.203. The summed E-state index contributed by atoms with van der Waals surface area (Å²) in [5, 5.41) is 4.16. The fourth-order valence-electron chi connectivity index (χ4n) is 3.16. The molecule has 4 aromatic rings. The molecule has 0 aliphatic heterocycles. The number of furan rings is 1. The molecule has 2 aromatic heterocycles. The first-order valence-corrected chi connectivity index (χ1v) is 8.25. The topological polar surface area (TPSA) is 58.0 Å². The van der Waals surface area contributed by atoms with E-state index in [-0.39, 0.29) is 11.8 Å². The summed E-state index contributed by atoms with van der Waals surface area (Å²) in [6, 6.07) is 21.8. The van der Waals surface area contributed by atoms with E-state index in [1.807, 2.05) is 36.5 Å². The Morgan fingerprint density at radius 2 is 1.80 bits per heavy atom. The highest BCUT2D eigenvalue weighted by Gasteiger charge is 2.19. The second-order valence-electron chi connectivity index (χ2n) is 5.94. The third-order valence-corrected chi connectivity index (χ3v) is 4.41. The van der Waals surface area contributed by atoms with E-state index >= 15 is 0 Å². The predicted octanol–water partition coefficient (Wildman–Crippen LogP) is 4.32. The zero-order chi connectivity index (χ0) is 17.1. The minimum absolute atomic E-state index is 0.0521. The van der Waals surface area contributed by atoms with Crippen LogP contribution in [0.5, 0.6) is 0 Å². The molecule has 1 amide bonds. The van der Waals surface area contributed by atoms with Gasteiger partial charge < -0.3 is 14.7 Å². The zero-order valence-electron chi connectivity index (χ0n) is 13.6. The first-order chi connectivity index (χ1) is 12.3. The van der Waals surface area contributed by atoms with Gasteiger partial charge in [-0.1, -0.05) is 48.5 Å². The van der Waals surface area contributed by atoms with Crippen molar-refractivity contribution in [2.75, 3.05) is 6.54 Å². The van der Waals surface area contributed by atoms with E-state index in [4.69, 9.17) is 4.42 Å². The van der Waals surface area contributed by atoms with Gasteiger partial charge in [0.15, 0.2) is 5.76 Å². The van der Waals surface area contributed by atoms with Crippen LogP contribution < -0.4 is 5.32 Å². The van der Waals surface area contributed by atoms with Gasteiger partial charge in [0.25, 0.3) is 5.91 Å². The van der Waals surface area contributed by atoms with Crippen LogP contribution >= 0.6 is 0 Å². The summed E-state index contributed by atoms with van der Waals surface area (Å²) in [6.45, 7) is 0.491. The highest BCUT2D eigenvalue weighted by molar-refractivity contribution is 5.91. The molecule has 0 aliphatic carbocycles. The van der Waals surface area contributed by atoms with E-state index in [9.17, 15) is 4.79 Å². The summed E-state index contributed by atoms with van der Waals surface area (Å²) in [6.07, 6.45) is 3.53. The van der Waals surface area contributed by atoms with Crippen molar-refractivity contribution in [1.29, 1.82) is 0 Å². The maximum absolute atomic E-state index is 12.3. The second-order valence-corrected chi connectivity index (χ2v) is 5.94. The number of para-hydroxylation sites is 1. The van der Waals surface area contributed by atoms with E-state index in [1.54, 1.807) is 12.1 Å². The average Bonchev–Trinajstić information content (AvgIpc) is 3.33. The number of aromatic nitrogens is 1. The van der Waals surface area contributed by atoms with Gasteiger partial charge >= 0.3 is 0 Å². The Balaban J connectivity index is 1.66. The fraction of sp³-hybridized carbons (Fsp3) is 0.0952. The molecule has 0 unspecified atom stereocenters. The summed E-state index contributed by atoms with van der Waals surface area (Å²) in [4.78, 5) is 15.6. The van der Waals surface area contributed by atoms with E-state index in [2.05, 4.69) is 34.6 Å². The lowest BCUT2D eigenvalue weighted by Crippen LogP contribution is -2.28. The van der Waals surface area contributed by atoms with Crippen molar-refractivity contribution in [3.05, 3.63) is 96.1 Å². The molecular formula is C21H18N2O2. The third-order valence-electron chi connectivity index (χ3n) is 4.41. The van der Waals surface area contributed by atoms with Crippen LogP contribution in [0.3, 0.4) is 0 Å². The van der Waals surface area contributed by atoms with Crippen LogP contribution in [0.2, 0.25) is 0 Å². The SMILES string of the molecule is O=C(NC[C@@H](c1ccccc1)c1c[nH]c2ccccc12)c1ccco1. The number of benzene rings is 2. The number of carbonyl (C=O) groups is 1. The van der Waals surface area contributed by atoms with Crippen LogP contribution in [-0.4, -0.2) is 17.4 Å². The molecular weight excluding hydrogens is 312 g/mol. The average molecular weight is 330 g/mol. The highest BCUT2D eigenvalue weighted by Crippen LogP contribution is 2.30. The maximum Gasteiger partial charge on any atom is 0.287 e. The third kappa shape index (κ3) is 3.06. The van der Waals surface area contributed by atoms with Crippen molar-refractivity contribution < 1.29 is 9.21 Å². The molecule has 0 saturated heterocycles. The van der Waals surface area contributed by atoms with E-state index in [0.29, 0.717) is 12.3 Å². The Kier molecular flexibility index (Phi) is 4.09. The van der Waals surface area contributed by atoms with Crippen molar-refractivity contribution in [2.45, 2.75) is 5.92 Å². The molecule has 0 radical (unpaired) electrons. The lowest BCUT2D eigenvalue weighted by Gasteiger charge is -2.18. The van der Waals surface area contributed by atoms with Gasteiger partial charge in [0, 0.05) is 29.6 Å². The Morgan fingerprint density at radius 3 is 2.60 bits per heavy atom. The van der Waals surface area contributed by atoms with Crippen LogP contribution in [0.15, 0.2) is 83.6 Å². The molecule has 0 fully saturated rings. The number of fused-ring (bicyclic) bond motifs is 1. The van der Waals surface area contributed by atoms with Crippen molar-refractivity contribution >= 4 is 16.8 Å². The molecule has 4 rings (SSSR count).